The number of benzene rings is 2. The second-order valence-electron chi connectivity index (χ2n) is 6.24. The molecule has 0 unspecified atom stereocenters. The fourth-order valence-corrected chi connectivity index (χ4v) is 3.15. The number of ether oxygens (including phenoxy) is 1. The summed E-state index contributed by atoms with van der Waals surface area (Å²) in [7, 11) is 1.60. The van der Waals surface area contributed by atoms with Gasteiger partial charge in [0.05, 0.1) is 12.6 Å². The van der Waals surface area contributed by atoms with Crippen LogP contribution in [-0.2, 0) is 11.2 Å². The summed E-state index contributed by atoms with van der Waals surface area (Å²) in [6.45, 7) is 3.43. The number of ketones is 1. The van der Waals surface area contributed by atoms with E-state index in [1.54, 1.807) is 30.8 Å². The normalized spacial score (nSPS) is 11.2. The summed E-state index contributed by atoms with van der Waals surface area (Å²) >= 11 is 0. The van der Waals surface area contributed by atoms with E-state index in [2.05, 4.69) is 0 Å². The van der Waals surface area contributed by atoms with Gasteiger partial charge in [-0.3, -0.25) is 14.2 Å². The molecular weight excluding hydrogens is 326 g/mol. The quantitative estimate of drug-likeness (QED) is 0.641. The molecule has 4 heteroatoms. The molecule has 0 saturated heterocycles. The highest BCUT2D eigenvalue weighted by Crippen LogP contribution is 2.30. The minimum atomic E-state index is -0.142. The molecule has 26 heavy (non-hydrogen) atoms. The third-order valence-corrected chi connectivity index (χ3v) is 4.41. The van der Waals surface area contributed by atoms with Crippen LogP contribution in [0.3, 0.4) is 0 Å². The molecule has 0 aliphatic carbocycles. The first-order valence-corrected chi connectivity index (χ1v) is 8.46. The molecule has 3 rings (SSSR count). The van der Waals surface area contributed by atoms with Crippen LogP contribution in [0.4, 0.5) is 0 Å². The van der Waals surface area contributed by atoms with E-state index in [1.807, 2.05) is 55.5 Å². The number of carbonyl (C=O) groups is 2. The predicted octanol–water partition coefficient (Wildman–Crippen LogP) is 4.44. The van der Waals surface area contributed by atoms with Gasteiger partial charge in [-0.25, -0.2) is 0 Å². The number of methoxy groups -OCH3 is 1. The lowest BCUT2D eigenvalue weighted by atomic mass is 10.1. The van der Waals surface area contributed by atoms with Crippen LogP contribution < -0.4 is 4.74 Å². The second-order valence-corrected chi connectivity index (χ2v) is 6.24. The summed E-state index contributed by atoms with van der Waals surface area (Å²) in [4.78, 5) is 24.6. The van der Waals surface area contributed by atoms with Gasteiger partial charge in [0.25, 0.3) is 5.91 Å². The molecule has 0 spiro atoms. The summed E-state index contributed by atoms with van der Waals surface area (Å²) in [6.07, 6.45) is 3.64. The highest BCUT2D eigenvalue weighted by atomic mass is 16.5. The lowest BCUT2D eigenvalue weighted by molar-refractivity contribution is -0.116. The van der Waals surface area contributed by atoms with Crippen LogP contribution in [-0.4, -0.2) is 23.4 Å². The van der Waals surface area contributed by atoms with E-state index in [0.29, 0.717) is 5.75 Å². The Bertz CT molecular complexity index is 997. The molecule has 0 aliphatic heterocycles. The van der Waals surface area contributed by atoms with Gasteiger partial charge in [-0.1, -0.05) is 30.3 Å². The van der Waals surface area contributed by atoms with Gasteiger partial charge in [0.15, 0.2) is 0 Å². The zero-order valence-electron chi connectivity index (χ0n) is 15.2. The van der Waals surface area contributed by atoms with Crippen LogP contribution in [0.25, 0.3) is 17.0 Å². The Hall–Kier alpha value is -3.14. The first kappa shape index (κ1) is 17.7. The Morgan fingerprint density at radius 1 is 1.12 bits per heavy atom. The van der Waals surface area contributed by atoms with Crippen LogP contribution in [0.15, 0.2) is 54.6 Å². The minimum Gasteiger partial charge on any atom is -0.497 e. The zero-order valence-corrected chi connectivity index (χ0v) is 15.2. The summed E-state index contributed by atoms with van der Waals surface area (Å²) in [6, 6.07) is 15.2. The van der Waals surface area contributed by atoms with E-state index in [9.17, 15) is 9.59 Å². The molecular formula is C22H21NO3. The van der Waals surface area contributed by atoms with Crippen molar-refractivity contribution < 1.29 is 14.3 Å². The maximum atomic E-state index is 12.9. The molecule has 1 aromatic heterocycles. The molecule has 0 N–H and O–H groups in total. The number of hydrogen-bond acceptors (Lipinski definition) is 3. The van der Waals surface area contributed by atoms with E-state index >= 15 is 0 Å². The third kappa shape index (κ3) is 3.45. The highest BCUT2D eigenvalue weighted by Gasteiger charge is 2.19. The molecule has 0 fully saturated rings. The Kier molecular flexibility index (Phi) is 5.03. The monoisotopic (exact) mass is 347 g/mol. The molecule has 0 atom stereocenters. The Morgan fingerprint density at radius 3 is 2.50 bits per heavy atom. The van der Waals surface area contributed by atoms with E-state index in [1.165, 1.54) is 0 Å². The number of aromatic nitrogens is 1. The van der Waals surface area contributed by atoms with Crippen LogP contribution in [0.2, 0.25) is 0 Å². The highest BCUT2D eigenvalue weighted by molar-refractivity contribution is 6.03. The maximum Gasteiger partial charge on any atom is 0.255 e. The molecule has 0 aliphatic rings. The number of Topliss-reactive ketones (excluding diaryl/α,β-unsaturated/α-hetero) is 1. The van der Waals surface area contributed by atoms with Gasteiger partial charge < -0.3 is 4.74 Å². The standard InChI is InChI=1S/C22H21NO3/c1-15(24)13-19-16(2)23(21-11-10-18(26-3)14-20(19)21)22(25)12-9-17-7-5-4-6-8-17/h4-12,14H,13H2,1-3H3/b12-9+. The second kappa shape index (κ2) is 7.40. The molecule has 132 valence electrons. The first-order valence-electron chi connectivity index (χ1n) is 8.46. The maximum absolute atomic E-state index is 12.9. The van der Waals surface area contributed by atoms with Crippen molar-refractivity contribution in [2.24, 2.45) is 0 Å². The van der Waals surface area contributed by atoms with E-state index in [0.717, 1.165) is 27.7 Å². The number of allylic oxidation sites excluding steroid dienone is 1. The van der Waals surface area contributed by atoms with E-state index in [4.69, 9.17) is 4.74 Å². The number of nitrogens with zero attached hydrogens (tertiary/aromatic N) is 1. The lowest BCUT2D eigenvalue weighted by Gasteiger charge is -2.04. The molecule has 0 saturated carbocycles. The lowest BCUT2D eigenvalue weighted by Crippen LogP contribution is -2.10. The molecule has 1 heterocycles. The zero-order chi connectivity index (χ0) is 18.7. The number of carbonyl (C=O) groups excluding carboxylic acids is 2. The van der Waals surface area contributed by atoms with Gasteiger partial charge in [0, 0.05) is 23.6 Å². The van der Waals surface area contributed by atoms with Crippen molar-refractivity contribution in [3.8, 4) is 5.75 Å². The molecule has 0 bridgehead atoms. The fourth-order valence-electron chi connectivity index (χ4n) is 3.15. The Balaban J connectivity index is 2.10. The summed E-state index contributed by atoms with van der Waals surface area (Å²) in [5, 5.41) is 0.874. The van der Waals surface area contributed by atoms with Crippen molar-refractivity contribution in [2.45, 2.75) is 20.3 Å². The average Bonchev–Trinajstić information content (AvgIpc) is 2.91. The Labute approximate surface area is 152 Å². The Morgan fingerprint density at radius 2 is 1.85 bits per heavy atom. The van der Waals surface area contributed by atoms with Gasteiger partial charge in [-0.2, -0.15) is 0 Å². The SMILES string of the molecule is COc1ccc2c(c1)c(CC(C)=O)c(C)n2C(=O)/C=C/c1ccccc1. The number of fused-ring (bicyclic) bond motifs is 1. The van der Waals surface area contributed by atoms with Crippen LogP contribution in [0.5, 0.6) is 5.75 Å². The smallest absolute Gasteiger partial charge is 0.255 e. The molecule has 3 aromatic rings. The molecule has 0 amide bonds. The molecule has 4 nitrogen and oxygen atoms in total. The van der Waals surface area contributed by atoms with Gasteiger partial charge in [0.2, 0.25) is 0 Å². The van der Waals surface area contributed by atoms with Gasteiger partial charge in [0.1, 0.15) is 11.5 Å². The minimum absolute atomic E-state index is 0.0576. The van der Waals surface area contributed by atoms with Gasteiger partial charge in [-0.05, 0) is 49.2 Å². The van der Waals surface area contributed by atoms with Crippen molar-refractivity contribution in [3.63, 3.8) is 0 Å². The average molecular weight is 347 g/mol. The van der Waals surface area contributed by atoms with Crippen LogP contribution in [0, 0.1) is 6.92 Å². The summed E-state index contributed by atoms with van der Waals surface area (Å²) in [5.74, 6) is 0.616. The molecule has 2 aromatic carbocycles. The van der Waals surface area contributed by atoms with Crippen molar-refractivity contribution in [2.75, 3.05) is 7.11 Å². The van der Waals surface area contributed by atoms with Gasteiger partial charge in [-0.15, -0.1) is 0 Å². The topological polar surface area (TPSA) is 48.3 Å². The van der Waals surface area contributed by atoms with Crippen molar-refractivity contribution in [1.82, 2.24) is 4.57 Å². The van der Waals surface area contributed by atoms with Crippen molar-refractivity contribution in [1.29, 1.82) is 0 Å². The summed E-state index contributed by atoms with van der Waals surface area (Å²) < 4.78 is 6.96. The molecule has 0 radical (unpaired) electrons. The first-order chi connectivity index (χ1) is 12.5. The van der Waals surface area contributed by atoms with Crippen molar-refractivity contribution in [3.05, 3.63) is 71.4 Å². The van der Waals surface area contributed by atoms with E-state index < -0.39 is 0 Å². The van der Waals surface area contributed by atoms with E-state index in [-0.39, 0.29) is 18.1 Å². The van der Waals surface area contributed by atoms with Gasteiger partial charge >= 0.3 is 0 Å². The van der Waals surface area contributed by atoms with Crippen LogP contribution in [0.1, 0.15) is 28.5 Å². The van der Waals surface area contributed by atoms with Crippen molar-refractivity contribution >= 4 is 28.7 Å². The number of hydrogen-bond donors (Lipinski definition) is 0. The largest absolute Gasteiger partial charge is 0.497 e. The number of rotatable bonds is 5. The predicted molar refractivity (Wildman–Crippen MR) is 104 cm³/mol. The third-order valence-electron chi connectivity index (χ3n) is 4.41. The fraction of sp³-hybridized carbons (Fsp3) is 0.182. The van der Waals surface area contributed by atoms with Crippen LogP contribution >= 0.6 is 0 Å². The summed E-state index contributed by atoms with van der Waals surface area (Å²) in [5.41, 5.74) is 3.39.